The molecule has 16 heavy (non-hydrogen) atoms. The number of hydrogen-bond acceptors (Lipinski definition) is 4. The van der Waals surface area contributed by atoms with Gasteiger partial charge in [-0.1, -0.05) is 23.2 Å². The van der Waals surface area contributed by atoms with Crippen LogP contribution in [0.2, 0.25) is 9.49 Å². The molecule has 0 unspecified atom stereocenters. The van der Waals surface area contributed by atoms with E-state index < -0.39 is 0 Å². The topological polar surface area (TPSA) is 38.9 Å². The predicted molar refractivity (Wildman–Crippen MR) is 72.5 cm³/mol. The highest BCUT2D eigenvalue weighted by Crippen LogP contribution is 2.33. The zero-order valence-electron chi connectivity index (χ0n) is 8.11. The van der Waals surface area contributed by atoms with E-state index in [0.29, 0.717) is 10.2 Å². The van der Waals surface area contributed by atoms with Crippen LogP contribution in [0.25, 0.3) is 0 Å². The SMILES string of the molecule is Nc1ccc(Cl)c(SCc2cnc(Cl)s2)c1. The summed E-state index contributed by atoms with van der Waals surface area (Å²) >= 11 is 14.9. The highest BCUT2D eigenvalue weighted by atomic mass is 35.5. The van der Waals surface area contributed by atoms with E-state index in [1.807, 2.05) is 6.07 Å². The Labute approximate surface area is 112 Å². The van der Waals surface area contributed by atoms with Crippen molar-refractivity contribution in [1.29, 1.82) is 0 Å². The van der Waals surface area contributed by atoms with Crippen molar-refractivity contribution in [3.05, 3.63) is 38.8 Å². The van der Waals surface area contributed by atoms with Gasteiger partial charge in [-0.3, -0.25) is 0 Å². The van der Waals surface area contributed by atoms with Crippen molar-refractivity contribution in [2.45, 2.75) is 10.6 Å². The first-order valence-electron chi connectivity index (χ1n) is 4.43. The molecule has 0 atom stereocenters. The lowest BCUT2D eigenvalue weighted by atomic mass is 10.3. The summed E-state index contributed by atoms with van der Waals surface area (Å²) in [6.45, 7) is 0. The smallest absolute Gasteiger partial charge is 0.183 e. The fourth-order valence-electron chi connectivity index (χ4n) is 1.13. The van der Waals surface area contributed by atoms with Gasteiger partial charge in [0.1, 0.15) is 0 Å². The van der Waals surface area contributed by atoms with Crippen LogP contribution in [-0.4, -0.2) is 4.98 Å². The van der Waals surface area contributed by atoms with Crippen molar-refractivity contribution in [1.82, 2.24) is 4.98 Å². The summed E-state index contributed by atoms with van der Waals surface area (Å²) in [5, 5.41) is 0.717. The maximum absolute atomic E-state index is 6.05. The lowest BCUT2D eigenvalue weighted by molar-refractivity contribution is 1.36. The average Bonchev–Trinajstić information content (AvgIpc) is 2.66. The molecule has 2 aromatic rings. The van der Waals surface area contributed by atoms with E-state index in [-0.39, 0.29) is 0 Å². The van der Waals surface area contributed by atoms with E-state index in [0.717, 1.165) is 20.5 Å². The van der Waals surface area contributed by atoms with Gasteiger partial charge < -0.3 is 5.73 Å². The molecular formula is C10H8Cl2N2S2. The number of anilines is 1. The summed E-state index contributed by atoms with van der Waals surface area (Å²) in [5.41, 5.74) is 6.41. The molecule has 0 saturated heterocycles. The van der Waals surface area contributed by atoms with E-state index in [1.54, 1.807) is 30.1 Å². The number of nitrogens with two attached hydrogens (primary N) is 1. The van der Waals surface area contributed by atoms with Crippen LogP contribution in [0.4, 0.5) is 5.69 Å². The normalized spacial score (nSPS) is 10.6. The minimum atomic E-state index is 0.564. The molecule has 0 saturated carbocycles. The van der Waals surface area contributed by atoms with Crippen molar-refractivity contribution in [2.24, 2.45) is 0 Å². The molecule has 0 aliphatic heterocycles. The van der Waals surface area contributed by atoms with Gasteiger partial charge in [-0.2, -0.15) is 0 Å². The average molecular weight is 291 g/mol. The summed E-state index contributed by atoms with van der Waals surface area (Å²) < 4.78 is 0.564. The molecule has 2 rings (SSSR count). The van der Waals surface area contributed by atoms with Gasteiger partial charge in [-0.15, -0.1) is 23.1 Å². The molecule has 1 aromatic carbocycles. The number of nitrogen functional groups attached to an aromatic ring is 1. The summed E-state index contributed by atoms with van der Waals surface area (Å²) in [6, 6.07) is 5.46. The first-order chi connectivity index (χ1) is 7.65. The highest BCUT2D eigenvalue weighted by Gasteiger charge is 2.04. The van der Waals surface area contributed by atoms with Crippen LogP contribution in [-0.2, 0) is 5.75 Å². The lowest BCUT2D eigenvalue weighted by Crippen LogP contribution is -1.85. The minimum absolute atomic E-state index is 0.564. The van der Waals surface area contributed by atoms with Gasteiger partial charge in [-0.05, 0) is 18.2 Å². The zero-order valence-corrected chi connectivity index (χ0v) is 11.3. The second-order valence-electron chi connectivity index (χ2n) is 3.06. The first kappa shape index (κ1) is 12.0. The molecule has 2 N–H and O–H groups in total. The van der Waals surface area contributed by atoms with E-state index in [2.05, 4.69) is 4.98 Å². The number of halogens is 2. The Kier molecular flexibility index (Phi) is 3.97. The molecule has 0 aliphatic carbocycles. The summed E-state index contributed by atoms with van der Waals surface area (Å²) in [6.07, 6.45) is 1.78. The molecule has 1 aromatic heterocycles. The molecule has 0 aliphatic rings. The third kappa shape index (κ3) is 3.04. The van der Waals surface area contributed by atoms with Gasteiger partial charge in [-0.25, -0.2) is 4.98 Å². The van der Waals surface area contributed by atoms with Crippen molar-refractivity contribution >= 4 is 52.0 Å². The van der Waals surface area contributed by atoms with E-state index in [9.17, 15) is 0 Å². The number of benzene rings is 1. The maximum Gasteiger partial charge on any atom is 0.183 e. The van der Waals surface area contributed by atoms with Crippen molar-refractivity contribution in [2.75, 3.05) is 5.73 Å². The number of thiazole rings is 1. The first-order valence-corrected chi connectivity index (χ1v) is 6.99. The van der Waals surface area contributed by atoms with Crippen molar-refractivity contribution in [3.8, 4) is 0 Å². The fraction of sp³-hybridized carbons (Fsp3) is 0.100. The van der Waals surface area contributed by atoms with Crippen LogP contribution in [0.15, 0.2) is 29.3 Å². The van der Waals surface area contributed by atoms with Crippen molar-refractivity contribution < 1.29 is 0 Å². The Morgan fingerprint density at radius 1 is 1.38 bits per heavy atom. The zero-order chi connectivity index (χ0) is 11.5. The van der Waals surface area contributed by atoms with Gasteiger partial charge in [0.15, 0.2) is 4.47 Å². The largest absolute Gasteiger partial charge is 0.399 e. The predicted octanol–water partition coefficient (Wildman–Crippen LogP) is 4.32. The molecule has 0 fully saturated rings. The van der Waals surface area contributed by atoms with Crippen molar-refractivity contribution in [3.63, 3.8) is 0 Å². The van der Waals surface area contributed by atoms with Crippen LogP contribution in [0.3, 0.4) is 0 Å². The molecule has 6 heteroatoms. The monoisotopic (exact) mass is 290 g/mol. The summed E-state index contributed by atoms with van der Waals surface area (Å²) in [7, 11) is 0. The van der Waals surface area contributed by atoms with E-state index in [4.69, 9.17) is 28.9 Å². The summed E-state index contributed by atoms with van der Waals surface area (Å²) in [4.78, 5) is 6.08. The van der Waals surface area contributed by atoms with E-state index in [1.165, 1.54) is 11.3 Å². The number of nitrogens with zero attached hydrogens (tertiary/aromatic N) is 1. The molecule has 0 radical (unpaired) electrons. The number of thioether (sulfide) groups is 1. The van der Waals surface area contributed by atoms with Gasteiger partial charge in [0.25, 0.3) is 0 Å². The van der Waals surface area contributed by atoms with Gasteiger partial charge in [0.2, 0.25) is 0 Å². The van der Waals surface area contributed by atoms with Gasteiger partial charge in [0, 0.05) is 27.4 Å². The summed E-state index contributed by atoms with van der Waals surface area (Å²) in [5.74, 6) is 0.799. The Hall–Kier alpha value is -0.420. The Balaban J connectivity index is 2.07. The Morgan fingerprint density at radius 3 is 2.88 bits per heavy atom. The molecule has 0 spiro atoms. The van der Waals surface area contributed by atoms with E-state index >= 15 is 0 Å². The lowest BCUT2D eigenvalue weighted by Gasteiger charge is -2.03. The van der Waals surface area contributed by atoms with Crippen LogP contribution in [0.5, 0.6) is 0 Å². The second kappa shape index (κ2) is 5.27. The maximum atomic E-state index is 6.05. The number of rotatable bonds is 3. The standard InChI is InChI=1S/C10H8Cl2N2S2/c11-8-2-1-6(13)3-9(8)15-5-7-4-14-10(12)16-7/h1-4H,5,13H2. The molecule has 2 nitrogen and oxygen atoms in total. The molecular weight excluding hydrogens is 283 g/mol. The highest BCUT2D eigenvalue weighted by molar-refractivity contribution is 7.98. The Morgan fingerprint density at radius 2 is 2.19 bits per heavy atom. The quantitative estimate of drug-likeness (QED) is 0.676. The third-order valence-electron chi connectivity index (χ3n) is 1.85. The second-order valence-corrected chi connectivity index (χ2v) is 6.18. The molecule has 0 bridgehead atoms. The number of hydrogen-bond donors (Lipinski definition) is 1. The van der Waals surface area contributed by atoms with Crippen LogP contribution in [0.1, 0.15) is 4.88 Å². The molecule has 0 amide bonds. The Bertz CT molecular complexity index is 499. The van der Waals surface area contributed by atoms with Crippen LogP contribution < -0.4 is 5.73 Å². The fourth-order valence-corrected chi connectivity index (χ4v) is 3.39. The van der Waals surface area contributed by atoms with Gasteiger partial charge >= 0.3 is 0 Å². The minimum Gasteiger partial charge on any atom is -0.399 e. The molecule has 84 valence electrons. The molecule has 1 heterocycles. The van der Waals surface area contributed by atoms with Gasteiger partial charge in [0.05, 0.1) is 5.02 Å². The van der Waals surface area contributed by atoms with Crippen LogP contribution >= 0.6 is 46.3 Å². The third-order valence-corrected chi connectivity index (χ3v) is 4.69. The number of aromatic nitrogens is 1. The van der Waals surface area contributed by atoms with Crippen LogP contribution in [0, 0.1) is 0 Å².